The summed E-state index contributed by atoms with van der Waals surface area (Å²) in [6, 6.07) is 50.1. The third-order valence-corrected chi connectivity index (χ3v) is 10.5. The number of fused-ring (bicyclic) bond motifs is 7. The van der Waals surface area contributed by atoms with Gasteiger partial charge >= 0.3 is 0 Å². The molecule has 0 atom stereocenters. The first-order valence-corrected chi connectivity index (χ1v) is 17.9. The molecule has 0 spiro atoms. The van der Waals surface area contributed by atoms with Crippen LogP contribution in [-0.4, -0.2) is 24.1 Å². The van der Waals surface area contributed by atoms with Crippen molar-refractivity contribution in [3.8, 4) is 34.0 Å². The van der Waals surface area contributed by atoms with E-state index in [1.54, 1.807) is 0 Å². The van der Waals surface area contributed by atoms with Crippen LogP contribution in [0.25, 0.3) is 88.7 Å². The second-order valence-electron chi connectivity index (χ2n) is 14.9. The van der Waals surface area contributed by atoms with Gasteiger partial charge in [0.15, 0.2) is 0 Å². The van der Waals surface area contributed by atoms with Gasteiger partial charge in [0.1, 0.15) is 11.6 Å². The quantitative estimate of drug-likeness (QED) is 0.202. The molecule has 0 unspecified atom stereocenters. The Kier molecular flexibility index (Phi) is 6.58. The molecule has 250 valence electrons. The highest BCUT2D eigenvalue weighted by atomic mass is 15.1. The molecule has 5 heteroatoms. The zero-order chi connectivity index (χ0) is 35.1. The lowest BCUT2D eigenvalue weighted by Crippen LogP contribution is -2.11. The van der Waals surface area contributed by atoms with Crippen LogP contribution in [0.5, 0.6) is 0 Å². The second kappa shape index (κ2) is 11.3. The van der Waals surface area contributed by atoms with Crippen molar-refractivity contribution < 1.29 is 0 Å². The highest BCUT2D eigenvalue weighted by molar-refractivity contribution is 6.13. The van der Waals surface area contributed by atoms with E-state index in [1.807, 2.05) is 18.3 Å². The van der Waals surface area contributed by atoms with Crippen LogP contribution in [0.1, 0.15) is 31.9 Å². The van der Waals surface area contributed by atoms with Crippen LogP contribution >= 0.6 is 0 Å². The van der Waals surface area contributed by atoms with Crippen molar-refractivity contribution in [2.45, 2.75) is 33.1 Å². The number of imidazole rings is 1. The van der Waals surface area contributed by atoms with Crippen molar-refractivity contribution in [1.82, 2.24) is 24.1 Å². The van der Waals surface area contributed by atoms with Gasteiger partial charge in [0.05, 0.1) is 27.6 Å². The number of para-hydroxylation sites is 3. The Morgan fingerprint density at radius 2 is 1.35 bits per heavy atom. The fourth-order valence-corrected chi connectivity index (χ4v) is 7.95. The Labute approximate surface area is 301 Å². The van der Waals surface area contributed by atoms with Crippen LogP contribution in [0.4, 0.5) is 0 Å². The van der Waals surface area contributed by atoms with Crippen LogP contribution in [0.3, 0.4) is 0 Å². The maximum Gasteiger partial charge on any atom is 0.147 e. The molecule has 0 radical (unpaired) electrons. The molecule has 1 N–H and O–H groups in total. The van der Waals surface area contributed by atoms with E-state index < -0.39 is 0 Å². The molecule has 5 nitrogen and oxygen atoms in total. The summed E-state index contributed by atoms with van der Waals surface area (Å²) in [5.74, 6) is 1.81. The van der Waals surface area contributed by atoms with Gasteiger partial charge in [-0.3, -0.25) is 9.13 Å². The summed E-state index contributed by atoms with van der Waals surface area (Å²) in [5, 5.41) is 4.85. The largest absolute Gasteiger partial charge is 0.354 e. The molecule has 6 aromatic carbocycles. The predicted octanol–water partition coefficient (Wildman–Crippen LogP) is 12.1. The van der Waals surface area contributed by atoms with Gasteiger partial charge in [-0.1, -0.05) is 99.6 Å². The first-order chi connectivity index (χ1) is 25.3. The lowest BCUT2D eigenvalue weighted by molar-refractivity contribution is 0.591. The lowest BCUT2D eigenvalue weighted by atomic mass is 9.85. The first-order valence-electron chi connectivity index (χ1n) is 17.9. The smallest absolute Gasteiger partial charge is 0.147 e. The molecular formula is C47H37N5. The Bertz CT molecular complexity index is 2990. The van der Waals surface area contributed by atoms with E-state index in [2.05, 4.69) is 169 Å². The Hall–Kier alpha value is -6.46. The third-order valence-electron chi connectivity index (χ3n) is 10.5. The summed E-state index contributed by atoms with van der Waals surface area (Å²) in [6.45, 7) is 9.01. The fourth-order valence-electron chi connectivity index (χ4n) is 7.95. The van der Waals surface area contributed by atoms with Gasteiger partial charge in [0.25, 0.3) is 0 Å². The average Bonchev–Trinajstić information content (AvgIpc) is 3.84. The number of nitrogens with zero attached hydrogens (tertiary/aromatic N) is 4. The number of rotatable bonds is 4. The monoisotopic (exact) mass is 671 g/mol. The molecule has 0 saturated heterocycles. The Morgan fingerprint density at radius 1 is 0.577 bits per heavy atom. The molecule has 0 aliphatic heterocycles. The number of nitrogens with one attached hydrogen (secondary N) is 1. The van der Waals surface area contributed by atoms with Crippen molar-refractivity contribution in [1.29, 1.82) is 0 Å². The summed E-state index contributed by atoms with van der Waals surface area (Å²) < 4.78 is 4.61. The van der Waals surface area contributed by atoms with Crippen molar-refractivity contribution >= 4 is 54.6 Å². The number of aromatic amines is 1. The fraction of sp³-hybridized carbons (Fsp3) is 0.106. The molecule has 0 bridgehead atoms. The minimum absolute atomic E-state index is 0.0620. The topological polar surface area (TPSA) is 51.4 Å². The molecule has 4 aromatic heterocycles. The molecule has 10 rings (SSSR count). The number of H-pyrrole nitrogens is 1. The molecule has 4 heterocycles. The van der Waals surface area contributed by atoms with Gasteiger partial charge < -0.3 is 4.98 Å². The Morgan fingerprint density at radius 3 is 2.17 bits per heavy atom. The number of hydrogen-bond donors (Lipinski definition) is 1. The zero-order valence-corrected chi connectivity index (χ0v) is 29.6. The van der Waals surface area contributed by atoms with Crippen molar-refractivity contribution in [2.75, 3.05) is 0 Å². The van der Waals surface area contributed by atoms with Crippen LogP contribution in [-0.2, 0) is 5.41 Å². The standard InChI is InChI=1S/C47H37N5/c1-29-20-22-34-37-27-31(47(2,3)4)28-38(44(37)49-39(34)25-29)46-50-45-33(16-12-18-41(45)51(46)32-13-6-5-7-14-32)30-21-23-36-35-15-8-9-17-40(35)52(42(36)26-30)43-19-10-11-24-48-43/h5-28,49H,1-4H3. The average molecular weight is 672 g/mol. The van der Waals surface area contributed by atoms with Gasteiger partial charge in [0, 0.05) is 50.1 Å². The molecule has 0 aliphatic carbocycles. The van der Waals surface area contributed by atoms with Crippen LogP contribution in [0.15, 0.2) is 146 Å². The molecule has 0 fully saturated rings. The zero-order valence-electron chi connectivity index (χ0n) is 29.6. The molecule has 0 aliphatic rings. The number of benzene rings is 6. The number of aromatic nitrogens is 5. The number of pyridine rings is 1. The van der Waals surface area contributed by atoms with E-state index >= 15 is 0 Å². The van der Waals surface area contributed by atoms with Crippen molar-refractivity contribution in [3.05, 3.63) is 157 Å². The minimum Gasteiger partial charge on any atom is -0.354 e. The van der Waals surface area contributed by atoms with Crippen molar-refractivity contribution in [2.24, 2.45) is 0 Å². The maximum absolute atomic E-state index is 5.62. The van der Waals surface area contributed by atoms with E-state index in [1.165, 1.54) is 32.7 Å². The van der Waals surface area contributed by atoms with Crippen LogP contribution in [0.2, 0.25) is 0 Å². The van der Waals surface area contributed by atoms with Gasteiger partial charge in [-0.15, -0.1) is 0 Å². The highest BCUT2D eigenvalue weighted by Crippen LogP contribution is 2.42. The molecule has 0 amide bonds. The second-order valence-corrected chi connectivity index (χ2v) is 14.9. The molecule has 52 heavy (non-hydrogen) atoms. The van der Waals surface area contributed by atoms with Crippen LogP contribution < -0.4 is 0 Å². The maximum atomic E-state index is 5.62. The van der Waals surface area contributed by atoms with Gasteiger partial charge in [-0.2, -0.15) is 0 Å². The van der Waals surface area contributed by atoms with E-state index in [-0.39, 0.29) is 5.41 Å². The predicted molar refractivity (Wildman–Crippen MR) is 217 cm³/mol. The van der Waals surface area contributed by atoms with E-state index in [4.69, 9.17) is 9.97 Å². The number of aryl methyl sites for hydroxylation is 1. The van der Waals surface area contributed by atoms with Gasteiger partial charge in [-0.05, 0) is 89.7 Å². The summed E-state index contributed by atoms with van der Waals surface area (Å²) in [5.41, 5.74) is 13.3. The van der Waals surface area contributed by atoms with Crippen molar-refractivity contribution in [3.63, 3.8) is 0 Å². The van der Waals surface area contributed by atoms with Crippen LogP contribution in [0, 0.1) is 6.92 Å². The lowest BCUT2D eigenvalue weighted by Gasteiger charge is -2.21. The summed E-state index contributed by atoms with van der Waals surface area (Å²) >= 11 is 0. The molecule has 0 saturated carbocycles. The van der Waals surface area contributed by atoms with Gasteiger partial charge in [-0.25, -0.2) is 9.97 Å². The highest BCUT2D eigenvalue weighted by Gasteiger charge is 2.24. The third kappa shape index (κ3) is 4.62. The SMILES string of the molecule is Cc1ccc2c(c1)[nH]c1c(-c3nc4c(-c5ccc6c7ccccc7n(-c7ccccn7)c6c5)cccc4n3-c3ccccc3)cc(C(C)(C)C)cc12. The van der Waals surface area contributed by atoms with E-state index in [0.717, 1.165) is 67.1 Å². The molecule has 10 aromatic rings. The Balaban J connectivity index is 1.28. The number of hydrogen-bond acceptors (Lipinski definition) is 2. The minimum atomic E-state index is -0.0620. The first kappa shape index (κ1) is 30.4. The summed E-state index contributed by atoms with van der Waals surface area (Å²) in [7, 11) is 0. The summed E-state index contributed by atoms with van der Waals surface area (Å²) in [4.78, 5) is 14.2. The normalized spacial score (nSPS) is 12.2. The van der Waals surface area contributed by atoms with E-state index in [0.29, 0.717) is 0 Å². The molecular weight excluding hydrogens is 635 g/mol. The summed E-state index contributed by atoms with van der Waals surface area (Å²) in [6.07, 6.45) is 1.86. The van der Waals surface area contributed by atoms with Gasteiger partial charge in [0.2, 0.25) is 0 Å². The van der Waals surface area contributed by atoms with E-state index in [9.17, 15) is 0 Å².